The van der Waals surface area contributed by atoms with Crippen molar-refractivity contribution in [2.75, 3.05) is 19.6 Å². The Bertz CT molecular complexity index is 399. The SMILES string of the molecule is COc1ccccc1C(=O)N=C(SC)SC. The van der Waals surface area contributed by atoms with Crippen LogP contribution in [-0.4, -0.2) is 29.9 Å². The number of hydrogen-bond donors (Lipinski definition) is 0. The van der Waals surface area contributed by atoms with Gasteiger partial charge in [-0.25, -0.2) is 0 Å². The second-order valence-electron chi connectivity index (χ2n) is 2.79. The van der Waals surface area contributed by atoms with Crippen LogP contribution in [0.15, 0.2) is 29.3 Å². The molecule has 0 aliphatic rings. The monoisotopic (exact) mass is 255 g/mol. The number of nitrogens with zero attached hydrogens (tertiary/aromatic N) is 1. The molecule has 0 radical (unpaired) electrons. The first-order valence-electron chi connectivity index (χ1n) is 4.57. The summed E-state index contributed by atoms with van der Waals surface area (Å²) in [7, 11) is 1.54. The fourth-order valence-corrected chi connectivity index (χ4v) is 2.15. The van der Waals surface area contributed by atoms with E-state index in [0.29, 0.717) is 11.3 Å². The molecule has 0 N–H and O–H groups in total. The van der Waals surface area contributed by atoms with Gasteiger partial charge in [0.05, 0.1) is 12.7 Å². The molecule has 0 saturated heterocycles. The summed E-state index contributed by atoms with van der Waals surface area (Å²) in [6.07, 6.45) is 3.79. The number of benzene rings is 1. The number of ether oxygens (including phenoxy) is 1. The minimum Gasteiger partial charge on any atom is -0.496 e. The molecule has 0 spiro atoms. The lowest BCUT2D eigenvalue weighted by Gasteiger charge is -2.04. The van der Waals surface area contributed by atoms with Crippen LogP contribution in [0.1, 0.15) is 10.4 Å². The van der Waals surface area contributed by atoms with Gasteiger partial charge < -0.3 is 4.74 Å². The summed E-state index contributed by atoms with van der Waals surface area (Å²) >= 11 is 2.92. The molecule has 0 bridgehead atoms. The number of carbonyl (C=O) groups excluding carboxylic acids is 1. The minimum atomic E-state index is -0.267. The van der Waals surface area contributed by atoms with Crippen LogP contribution in [0.4, 0.5) is 0 Å². The zero-order chi connectivity index (χ0) is 12.0. The highest BCUT2D eigenvalue weighted by molar-refractivity contribution is 8.38. The third kappa shape index (κ3) is 3.28. The molecule has 1 rings (SSSR count). The van der Waals surface area contributed by atoms with Crippen molar-refractivity contribution < 1.29 is 9.53 Å². The summed E-state index contributed by atoms with van der Waals surface area (Å²) in [6, 6.07) is 7.08. The molecule has 0 fully saturated rings. The lowest BCUT2D eigenvalue weighted by Crippen LogP contribution is -2.01. The molecule has 0 atom stereocenters. The maximum Gasteiger partial charge on any atom is 0.282 e. The van der Waals surface area contributed by atoms with E-state index in [2.05, 4.69) is 4.99 Å². The molecule has 16 heavy (non-hydrogen) atoms. The zero-order valence-electron chi connectivity index (χ0n) is 9.39. The summed E-state index contributed by atoms with van der Waals surface area (Å²) in [5.41, 5.74) is 0.491. The Morgan fingerprint density at radius 3 is 2.44 bits per heavy atom. The molecular weight excluding hydrogens is 242 g/mol. The summed E-state index contributed by atoms with van der Waals surface area (Å²) in [5, 5.41) is 0. The molecule has 0 aromatic heterocycles. The van der Waals surface area contributed by atoms with E-state index < -0.39 is 0 Å². The van der Waals surface area contributed by atoms with Gasteiger partial charge in [0.25, 0.3) is 5.91 Å². The lowest BCUT2D eigenvalue weighted by atomic mass is 10.2. The van der Waals surface area contributed by atoms with E-state index in [0.717, 1.165) is 4.38 Å². The fraction of sp³-hybridized carbons (Fsp3) is 0.273. The molecule has 86 valence electrons. The second-order valence-corrected chi connectivity index (χ2v) is 4.64. The van der Waals surface area contributed by atoms with Gasteiger partial charge in [-0.15, -0.1) is 23.5 Å². The summed E-state index contributed by atoms with van der Waals surface area (Å²) < 4.78 is 5.86. The molecule has 0 saturated carbocycles. The predicted octanol–water partition coefficient (Wildman–Crippen LogP) is 2.92. The van der Waals surface area contributed by atoms with Crippen LogP contribution < -0.4 is 4.74 Å². The summed E-state index contributed by atoms with van der Waals surface area (Å²) in [6.45, 7) is 0. The average molecular weight is 255 g/mol. The largest absolute Gasteiger partial charge is 0.496 e. The maximum absolute atomic E-state index is 11.9. The highest BCUT2D eigenvalue weighted by atomic mass is 32.2. The average Bonchev–Trinajstić information content (AvgIpc) is 2.35. The van der Waals surface area contributed by atoms with Crippen molar-refractivity contribution in [1.29, 1.82) is 0 Å². The Balaban J connectivity index is 3.00. The van der Waals surface area contributed by atoms with Crippen molar-refractivity contribution in [2.24, 2.45) is 4.99 Å². The van der Waals surface area contributed by atoms with Crippen LogP contribution in [-0.2, 0) is 0 Å². The lowest BCUT2D eigenvalue weighted by molar-refractivity contribution is 0.100. The van der Waals surface area contributed by atoms with E-state index in [9.17, 15) is 4.79 Å². The summed E-state index contributed by atoms with van der Waals surface area (Å²) in [4.78, 5) is 15.9. The number of para-hydroxylation sites is 1. The Kier molecular flexibility index (Phi) is 5.42. The Morgan fingerprint density at radius 2 is 1.88 bits per heavy atom. The third-order valence-electron chi connectivity index (χ3n) is 1.88. The van der Waals surface area contributed by atoms with E-state index in [1.165, 1.54) is 23.5 Å². The molecule has 0 heterocycles. The van der Waals surface area contributed by atoms with Gasteiger partial charge in [-0.05, 0) is 24.6 Å². The van der Waals surface area contributed by atoms with Crippen LogP contribution in [0.25, 0.3) is 0 Å². The number of methoxy groups -OCH3 is 1. The predicted molar refractivity (Wildman–Crippen MR) is 71.8 cm³/mol. The van der Waals surface area contributed by atoms with E-state index in [4.69, 9.17) is 4.74 Å². The van der Waals surface area contributed by atoms with Gasteiger partial charge in [-0.3, -0.25) is 4.79 Å². The van der Waals surface area contributed by atoms with Crippen molar-refractivity contribution in [2.45, 2.75) is 0 Å². The molecule has 3 nitrogen and oxygen atoms in total. The Morgan fingerprint density at radius 1 is 1.25 bits per heavy atom. The molecule has 1 aromatic carbocycles. The molecule has 5 heteroatoms. The molecule has 0 unspecified atom stereocenters. The molecule has 1 amide bonds. The van der Waals surface area contributed by atoms with E-state index in [1.54, 1.807) is 25.3 Å². The maximum atomic E-state index is 11.9. The number of carbonyl (C=O) groups is 1. The number of thioether (sulfide) groups is 2. The number of hydrogen-bond acceptors (Lipinski definition) is 4. The van der Waals surface area contributed by atoms with Crippen molar-refractivity contribution in [3.63, 3.8) is 0 Å². The van der Waals surface area contributed by atoms with Crippen LogP contribution in [0.2, 0.25) is 0 Å². The first kappa shape index (κ1) is 13.1. The summed E-state index contributed by atoms with van der Waals surface area (Å²) in [5.74, 6) is 0.286. The number of rotatable bonds is 2. The van der Waals surface area contributed by atoms with Gasteiger partial charge in [0.1, 0.15) is 10.1 Å². The van der Waals surface area contributed by atoms with Crippen molar-refractivity contribution >= 4 is 33.8 Å². The first-order valence-corrected chi connectivity index (χ1v) is 7.02. The van der Waals surface area contributed by atoms with Gasteiger partial charge >= 0.3 is 0 Å². The van der Waals surface area contributed by atoms with Gasteiger partial charge in [0.2, 0.25) is 0 Å². The van der Waals surface area contributed by atoms with Crippen LogP contribution in [0.3, 0.4) is 0 Å². The third-order valence-corrected chi connectivity index (χ3v) is 3.76. The number of amides is 1. The standard InChI is InChI=1S/C11H13NO2S2/c1-14-9-7-5-4-6-8(9)10(13)12-11(15-2)16-3/h4-7H,1-3H3. The fourth-order valence-electron chi connectivity index (χ4n) is 1.14. The molecule has 0 aliphatic heterocycles. The molecule has 0 aliphatic carbocycles. The smallest absolute Gasteiger partial charge is 0.282 e. The topological polar surface area (TPSA) is 38.7 Å². The van der Waals surface area contributed by atoms with Crippen molar-refractivity contribution in [1.82, 2.24) is 0 Å². The van der Waals surface area contributed by atoms with Crippen molar-refractivity contribution in [3.8, 4) is 5.75 Å². The quantitative estimate of drug-likeness (QED) is 0.601. The van der Waals surface area contributed by atoms with E-state index in [1.807, 2.05) is 18.6 Å². The number of aliphatic imine (C=N–C) groups is 1. The zero-order valence-corrected chi connectivity index (χ0v) is 11.0. The van der Waals surface area contributed by atoms with E-state index in [-0.39, 0.29) is 5.91 Å². The van der Waals surface area contributed by atoms with Gasteiger partial charge in [0, 0.05) is 0 Å². The molecular formula is C11H13NO2S2. The van der Waals surface area contributed by atoms with Gasteiger partial charge in [-0.2, -0.15) is 4.99 Å². The second kappa shape index (κ2) is 6.60. The minimum absolute atomic E-state index is 0.267. The first-order chi connectivity index (χ1) is 7.72. The Hall–Kier alpha value is -0.940. The van der Waals surface area contributed by atoms with Crippen molar-refractivity contribution in [3.05, 3.63) is 29.8 Å². The van der Waals surface area contributed by atoms with Crippen LogP contribution in [0, 0.1) is 0 Å². The Labute approximate surface area is 104 Å². The molecule has 1 aromatic rings. The normalized spacial score (nSPS) is 9.69. The highest BCUT2D eigenvalue weighted by Crippen LogP contribution is 2.20. The van der Waals surface area contributed by atoms with E-state index >= 15 is 0 Å². The van der Waals surface area contributed by atoms with Gasteiger partial charge in [-0.1, -0.05) is 12.1 Å². The highest BCUT2D eigenvalue weighted by Gasteiger charge is 2.11. The van der Waals surface area contributed by atoms with Gasteiger partial charge in [0.15, 0.2) is 0 Å². The van der Waals surface area contributed by atoms with Crippen LogP contribution >= 0.6 is 23.5 Å². The van der Waals surface area contributed by atoms with Crippen LogP contribution in [0.5, 0.6) is 5.75 Å².